The number of aryl methyl sites for hydroxylation is 2. The van der Waals surface area contributed by atoms with Crippen LogP contribution in [0, 0.1) is 6.92 Å². The number of thioether (sulfide) groups is 1. The molecule has 0 atom stereocenters. The number of carbonyl (C=O) groups excluding carboxylic acids is 1. The first kappa shape index (κ1) is 18.3. The van der Waals surface area contributed by atoms with E-state index in [-0.39, 0.29) is 5.91 Å². The molecule has 0 fully saturated rings. The zero-order valence-corrected chi connectivity index (χ0v) is 16.5. The molecule has 0 bridgehead atoms. The van der Waals surface area contributed by atoms with Crippen LogP contribution in [0.15, 0.2) is 64.0 Å². The summed E-state index contributed by atoms with van der Waals surface area (Å²) in [5.41, 5.74) is 3.32. The molecule has 2 heterocycles. The molecule has 142 valence electrons. The van der Waals surface area contributed by atoms with Crippen molar-refractivity contribution in [2.24, 2.45) is 0 Å². The van der Waals surface area contributed by atoms with Gasteiger partial charge in [0.05, 0.1) is 28.0 Å². The van der Waals surface area contributed by atoms with E-state index < -0.39 is 0 Å². The Kier molecular flexibility index (Phi) is 5.16. The molecular formula is C21H20N4O2S. The van der Waals surface area contributed by atoms with E-state index in [1.54, 1.807) is 11.8 Å². The van der Waals surface area contributed by atoms with Crippen LogP contribution in [0.25, 0.3) is 11.0 Å². The second kappa shape index (κ2) is 7.90. The van der Waals surface area contributed by atoms with Gasteiger partial charge in [-0.25, -0.2) is 4.98 Å². The molecule has 7 heteroatoms. The minimum Gasteiger partial charge on any atom is -0.360 e. The first-order valence-corrected chi connectivity index (χ1v) is 10.0. The second-order valence-electron chi connectivity index (χ2n) is 6.34. The molecule has 0 aliphatic carbocycles. The molecule has 6 nitrogen and oxygen atoms in total. The second-order valence-corrected chi connectivity index (χ2v) is 7.36. The van der Waals surface area contributed by atoms with E-state index in [1.807, 2.05) is 73.0 Å². The van der Waals surface area contributed by atoms with Crippen molar-refractivity contribution in [2.75, 3.05) is 5.32 Å². The minimum absolute atomic E-state index is 0.179. The van der Waals surface area contributed by atoms with E-state index in [2.05, 4.69) is 15.5 Å². The van der Waals surface area contributed by atoms with Crippen molar-refractivity contribution >= 4 is 34.7 Å². The number of nitrogens with one attached hydrogen (secondary N) is 1. The predicted octanol–water partition coefficient (Wildman–Crippen LogP) is 4.90. The molecule has 0 aliphatic rings. The van der Waals surface area contributed by atoms with E-state index in [0.717, 1.165) is 33.9 Å². The maximum absolute atomic E-state index is 13.0. The number of anilines is 1. The zero-order valence-electron chi connectivity index (χ0n) is 15.7. The number of hydrogen-bond donors (Lipinski definition) is 1. The van der Waals surface area contributed by atoms with Crippen LogP contribution in [0.1, 0.15) is 28.7 Å². The number of para-hydroxylation sites is 2. The van der Waals surface area contributed by atoms with Crippen LogP contribution in [-0.2, 0) is 12.3 Å². The lowest BCUT2D eigenvalue weighted by Gasteiger charge is -2.10. The predicted molar refractivity (Wildman–Crippen MR) is 111 cm³/mol. The van der Waals surface area contributed by atoms with Crippen LogP contribution in [0.3, 0.4) is 0 Å². The van der Waals surface area contributed by atoms with Crippen molar-refractivity contribution in [2.45, 2.75) is 31.0 Å². The van der Waals surface area contributed by atoms with Crippen LogP contribution < -0.4 is 5.32 Å². The summed E-state index contributed by atoms with van der Waals surface area (Å²) in [5.74, 6) is 1.77. The SMILES string of the molecule is CCn1c(NC(=O)c2ccccc2SCc2cc(C)no2)nc2ccccc21. The van der Waals surface area contributed by atoms with Gasteiger partial charge in [-0.05, 0) is 38.1 Å². The number of nitrogens with zero attached hydrogens (tertiary/aromatic N) is 3. The normalized spacial score (nSPS) is 11.1. The van der Waals surface area contributed by atoms with E-state index >= 15 is 0 Å². The van der Waals surface area contributed by atoms with Gasteiger partial charge in [-0.2, -0.15) is 0 Å². The molecule has 28 heavy (non-hydrogen) atoms. The standard InChI is InChI=1S/C21H20N4O2S/c1-3-25-18-10-6-5-9-17(18)22-21(25)23-20(26)16-8-4-7-11-19(16)28-13-15-12-14(2)24-27-15/h4-12H,3,13H2,1-2H3,(H,22,23,26). The highest BCUT2D eigenvalue weighted by Crippen LogP contribution is 2.28. The Balaban J connectivity index is 1.57. The summed E-state index contributed by atoms with van der Waals surface area (Å²) < 4.78 is 7.26. The molecule has 1 amide bonds. The molecule has 4 aromatic rings. The Bertz CT molecular complexity index is 1130. The Morgan fingerprint density at radius 2 is 1.96 bits per heavy atom. The fourth-order valence-corrected chi connectivity index (χ4v) is 4.00. The van der Waals surface area contributed by atoms with E-state index in [1.165, 1.54) is 0 Å². The average molecular weight is 392 g/mol. The molecule has 2 aromatic carbocycles. The summed E-state index contributed by atoms with van der Waals surface area (Å²) in [6.45, 7) is 4.64. The van der Waals surface area contributed by atoms with Crippen molar-refractivity contribution in [1.29, 1.82) is 0 Å². The molecule has 4 rings (SSSR count). The van der Waals surface area contributed by atoms with Crippen molar-refractivity contribution in [1.82, 2.24) is 14.7 Å². The van der Waals surface area contributed by atoms with Crippen LogP contribution in [0.5, 0.6) is 0 Å². The van der Waals surface area contributed by atoms with Gasteiger partial charge in [0.25, 0.3) is 5.91 Å². The minimum atomic E-state index is -0.179. The molecule has 0 saturated carbocycles. The summed E-state index contributed by atoms with van der Waals surface area (Å²) in [5, 5.41) is 6.88. The van der Waals surface area contributed by atoms with Crippen LogP contribution in [0.2, 0.25) is 0 Å². The molecule has 1 N–H and O–H groups in total. The number of fused-ring (bicyclic) bond motifs is 1. The van der Waals surface area contributed by atoms with Crippen LogP contribution in [0.4, 0.5) is 5.95 Å². The smallest absolute Gasteiger partial charge is 0.259 e. The van der Waals surface area contributed by atoms with Gasteiger partial charge in [-0.1, -0.05) is 29.4 Å². The van der Waals surface area contributed by atoms with E-state index in [4.69, 9.17) is 4.52 Å². The van der Waals surface area contributed by atoms with Gasteiger partial charge in [0.2, 0.25) is 5.95 Å². The number of aromatic nitrogens is 3. The van der Waals surface area contributed by atoms with Crippen molar-refractivity contribution < 1.29 is 9.32 Å². The fourth-order valence-electron chi connectivity index (χ4n) is 3.07. The quantitative estimate of drug-likeness (QED) is 0.473. The molecular weight excluding hydrogens is 372 g/mol. The van der Waals surface area contributed by atoms with Gasteiger partial charge in [0.1, 0.15) is 5.76 Å². The molecule has 0 unspecified atom stereocenters. The third kappa shape index (κ3) is 3.66. The number of hydrogen-bond acceptors (Lipinski definition) is 5. The van der Waals surface area contributed by atoms with Gasteiger partial charge in [-0.15, -0.1) is 11.8 Å². The maximum atomic E-state index is 13.0. The largest absolute Gasteiger partial charge is 0.360 e. The van der Waals surface area contributed by atoms with E-state index in [9.17, 15) is 4.79 Å². The Morgan fingerprint density at radius 3 is 2.75 bits per heavy atom. The van der Waals surface area contributed by atoms with Crippen LogP contribution >= 0.6 is 11.8 Å². The number of imidazole rings is 1. The monoisotopic (exact) mass is 392 g/mol. The lowest BCUT2D eigenvalue weighted by atomic mass is 10.2. The Hall–Kier alpha value is -3.06. The summed E-state index contributed by atoms with van der Waals surface area (Å²) >= 11 is 1.55. The number of amides is 1. The van der Waals surface area contributed by atoms with Gasteiger partial charge >= 0.3 is 0 Å². The van der Waals surface area contributed by atoms with E-state index in [0.29, 0.717) is 17.3 Å². The molecule has 0 spiro atoms. The van der Waals surface area contributed by atoms with Gasteiger partial charge < -0.3 is 9.09 Å². The molecule has 2 aromatic heterocycles. The van der Waals surface area contributed by atoms with Crippen LogP contribution in [-0.4, -0.2) is 20.6 Å². The molecule has 0 radical (unpaired) electrons. The van der Waals surface area contributed by atoms with Gasteiger partial charge in [0, 0.05) is 17.5 Å². The molecule has 0 aliphatic heterocycles. The highest BCUT2D eigenvalue weighted by molar-refractivity contribution is 7.98. The number of benzene rings is 2. The van der Waals surface area contributed by atoms with Crippen molar-refractivity contribution in [3.63, 3.8) is 0 Å². The highest BCUT2D eigenvalue weighted by Gasteiger charge is 2.16. The van der Waals surface area contributed by atoms with Crippen molar-refractivity contribution in [3.8, 4) is 0 Å². The topological polar surface area (TPSA) is 73.0 Å². The Labute approximate surface area is 166 Å². The summed E-state index contributed by atoms with van der Waals surface area (Å²) in [6.07, 6.45) is 0. The highest BCUT2D eigenvalue weighted by atomic mass is 32.2. The Morgan fingerprint density at radius 1 is 1.18 bits per heavy atom. The first-order valence-electron chi connectivity index (χ1n) is 9.06. The lowest BCUT2D eigenvalue weighted by Crippen LogP contribution is -2.16. The van der Waals surface area contributed by atoms with Gasteiger partial charge in [0.15, 0.2) is 0 Å². The summed E-state index contributed by atoms with van der Waals surface area (Å²) in [7, 11) is 0. The van der Waals surface area contributed by atoms with Gasteiger partial charge in [-0.3, -0.25) is 10.1 Å². The number of rotatable bonds is 6. The number of carbonyl (C=O) groups is 1. The summed E-state index contributed by atoms with van der Waals surface area (Å²) in [6, 6.07) is 17.3. The third-order valence-corrected chi connectivity index (χ3v) is 5.47. The maximum Gasteiger partial charge on any atom is 0.259 e. The zero-order chi connectivity index (χ0) is 19.5. The average Bonchev–Trinajstić information content (AvgIpc) is 3.28. The summed E-state index contributed by atoms with van der Waals surface area (Å²) in [4.78, 5) is 18.4. The lowest BCUT2D eigenvalue weighted by molar-refractivity contribution is 0.102. The molecule has 0 saturated heterocycles. The fraction of sp³-hybridized carbons (Fsp3) is 0.190. The first-order chi connectivity index (χ1) is 13.7. The third-order valence-electron chi connectivity index (χ3n) is 4.37. The van der Waals surface area contributed by atoms with Crippen molar-refractivity contribution in [3.05, 3.63) is 71.6 Å².